The Bertz CT molecular complexity index is 611. The maximum absolute atomic E-state index is 11.2. The molecule has 0 radical (unpaired) electrons. The molecule has 0 saturated carbocycles. The van der Waals surface area contributed by atoms with Gasteiger partial charge in [0.25, 0.3) is 0 Å². The van der Waals surface area contributed by atoms with Gasteiger partial charge in [0.05, 0.1) is 12.3 Å². The number of hydrogen-bond acceptors (Lipinski definition) is 2. The first-order valence-electron chi connectivity index (χ1n) is 6.44. The van der Waals surface area contributed by atoms with Crippen LogP contribution in [0.1, 0.15) is 28.5 Å². The first kappa shape index (κ1) is 13.4. The fourth-order valence-corrected chi connectivity index (χ4v) is 2.48. The number of aldehydes is 1. The molecule has 0 atom stereocenters. The van der Waals surface area contributed by atoms with Crippen molar-refractivity contribution in [2.75, 3.05) is 6.61 Å². The van der Waals surface area contributed by atoms with Crippen molar-refractivity contribution in [2.45, 2.75) is 20.8 Å². The van der Waals surface area contributed by atoms with Crippen LogP contribution in [0.25, 0.3) is 11.3 Å². The van der Waals surface area contributed by atoms with E-state index in [1.54, 1.807) is 0 Å². The molecule has 100 valence electrons. The number of benzene rings is 1. The lowest BCUT2D eigenvalue weighted by molar-refractivity contribution is 0.112. The van der Waals surface area contributed by atoms with E-state index in [1.165, 1.54) is 0 Å². The Kier molecular flexibility index (Phi) is 3.74. The largest absolute Gasteiger partial charge is 0.494 e. The number of ether oxygens (including phenoxy) is 1. The Morgan fingerprint density at radius 3 is 2.63 bits per heavy atom. The molecule has 0 spiro atoms. The summed E-state index contributed by atoms with van der Waals surface area (Å²) in [6.45, 7) is 6.56. The number of aromatic nitrogens is 1. The Balaban J connectivity index is 2.59. The molecule has 0 saturated heterocycles. The topological polar surface area (TPSA) is 31.2 Å². The minimum absolute atomic E-state index is 0.647. The molecule has 3 nitrogen and oxygen atoms in total. The average molecular weight is 257 g/mol. The Morgan fingerprint density at radius 1 is 1.32 bits per heavy atom. The Labute approximate surface area is 113 Å². The van der Waals surface area contributed by atoms with Crippen LogP contribution in [0.15, 0.2) is 24.3 Å². The van der Waals surface area contributed by atoms with Crippen molar-refractivity contribution in [3.63, 3.8) is 0 Å². The minimum Gasteiger partial charge on any atom is -0.494 e. The van der Waals surface area contributed by atoms with Crippen molar-refractivity contribution < 1.29 is 9.53 Å². The van der Waals surface area contributed by atoms with Crippen LogP contribution in [0, 0.1) is 13.8 Å². The van der Waals surface area contributed by atoms with E-state index in [2.05, 4.69) is 4.57 Å². The van der Waals surface area contributed by atoms with Gasteiger partial charge in [-0.05, 0) is 38.5 Å². The average Bonchev–Trinajstić information content (AvgIpc) is 2.61. The van der Waals surface area contributed by atoms with Crippen LogP contribution >= 0.6 is 0 Å². The van der Waals surface area contributed by atoms with Crippen LogP contribution in [-0.4, -0.2) is 17.5 Å². The highest BCUT2D eigenvalue weighted by atomic mass is 16.5. The van der Waals surface area contributed by atoms with Crippen molar-refractivity contribution in [2.24, 2.45) is 7.05 Å². The predicted molar refractivity (Wildman–Crippen MR) is 76.9 cm³/mol. The molecule has 1 heterocycles. The summed E-state index contributed by atoms with van der Waals surface area (Å²) in [5.41, 5.74) is 4.93. The van der Waals surface area contributed by atoms with Crippen LogP contribution in [0.4, 0.5) is 0 Å². The van der Waals surface area contributed by atoms with Crippen molar-refractivity contribution >= 4 is 6.29 Å². The van der Waals surface area contributed by atoms with E-state index in [4.69, 9.17) is 4.74 Å². The van der Waals surface area contributed by atoms with Crippen molar-refractivity contribution in [3.8, 4) is 17.0 Å². The zero-order chi connectivity index (χ0) is 14.0. The molecule has 0 aliphatic carbocycles. The highest BCUT2D eigenvalue weighted by molar-refractivity contribution is 5.84. The van der Waals surface area contributed by atoms with Gasteiger partial charge in [-0.15, -0.1) is 0 Å². The standard InChI is InChI=1S/C16H19NO2/c1-5-19-14-8-6-7-13(9-14)16-11(2)15(10-18)12(3)17(16)4/h6-10H,5H2,1-4H3. The van der Waals surface area contributed by atoms with Gasteiger partial charge < -0.3 is 9.30 Å². The molecule has 0 aliphatic heterocycles. The molecule has 0 aliphatic rings. The first-order valence-corrected chi connectivity index (χ1v) is 6.44. The molecule has 1 aromatic heterocycles. The lowest BCUT2D eigenvalue weighted by Crippen LogP contribution is -1.96. The van der Waals surface area contributed by atoms with Gasteiger partial charge in [-0.25, -0.2) is 0 Å². The molecule has 0 amide bonds. The van der Waals surface area contributed by atoms with Gasteiger partial charge in [0.2, 0.25) is 0 Å². The van der Waals surface area contributed by atoms with Crippen LogP contribution < -0.4 is 4.74 Å². The van der Waals surface area contributed by atoms with Crippen LogP contribution in [0.3, 0.4) is 0 Å². The van der Waals surface area contributed by atoms with Gasteiger partial charge >= 0.3 is 0 Å². The summed E-state index contributed by atoms with van der Waals surface area (Å²) in [4.78, 5) is 11.2. The second kappa shape index (κ2) is 5.31. The fourth-order valence-electron chi connectivity index (χ4n) is 2.48. The summed E-state index contributed by atoms with van der Waals surface area (Å²) < 4.78 is 7.59. The van der Waals surface area contributed by atoms with Crippen LogP contribution in [-0.2, 0) is 7.05 Å². The van der Waals surface area contributed by atoms with Gasteiger partial charge in [-0.1, -0.05) is 12.1 Å². The highest BCUT2D eigenvalue weighted by Gasteiger charge is 2.16. The predicted octanol–water partition coefficient (Wildman–Crippen LogP) is 3.52. The molecule has 2 aromatic rings. The van der Waals surface area contributed by atoms with E-state index in [0.29, 0.717) is 6.61 Å². The van der Waals surface area contributed by atoms with Crippen molar-refractivity contribution in [1.82, 2.24) is 4.57 Å². The number of carbonyl (C=O) groups excluding carboxylic acids is 1. The molecule has 0 unspecified atom stereocenters. The second-order valence-corrected chi connectivity index (χ2v) is 4.61. The lowest BCUT2D eigenvalue weighted by atomic mass is 10.1. The molecule has 19 heavy (non-hydrogen) atoms. The van der Waals surface area contributed by atoms with E-state index >= 15 is 0 Å². The molecular formula is C16H19NO2. The third-order valence-corrected chi connectivity index (χ3v) is 3.52. The summed E-state index contributed by atoms with van der Waals surface area (Å²) in [7, 11) is 1.98. The number of hydrogen-bond donors (Lipinski definition) is 0. The summed E-state index contributed by atoms with van der Waals surface area (Å²) in [5.74, 6) is 0.853. The van der Waals surface area contributed by atoms with E-state index in [0.717, 1.165) is 40.1 Å². The monoisotopic (exact) mass is 257 g/mol. The van der Waals surface area contributed by atoms with Crippen LogP contribution in [0.2, 0.25) is 0 Å². The van der Waals surface area contributed by atoms with Crippen molar-refractivity contribution in [3.05, 3.63) is 41.1 Å². The number of rotatable bonds is 4. The first-order chi connectivity index (χ1) is 9.10. The maximum atomic E-state index is 11.2. The summed E-state index contributed by atoms with van der Waals surface area (Å²) in [5, 5.41) is 0. The van der Waals surface area contributed by atoms with Crippen LogP contribution in [0.5, 0.6) is 5.75 Å². The molecular weight excluding hydrogens is 238 g/mol. The molecule has 0 fully saturated rings. The lowest BCUT2D eigenvalue weighted by Gasteiger charge is -2.09. The summed E-state index contributed by atoms with van der Waals surface area (Å²) in [6.07, 6.45) is 0.931. The van der Waals surface area contributed by atoms with Gasteiger partial charge in [-0.2, -0.15) is 0 Å². The normalized spacial score (nSPS) is 10.5. The Hall–Kier alpha value is -2.03. The van der Waals surface area contributed by atoms with Gasteiger partial charge in [0.15, 0.2) is 6.29 Å². The zero-order valence-electron chi connectivity index (χ0n) is 11.9. The molecule has 2 rings (SSSR count). The number of carbonyl (C=O) groups is 1. The van der Waals surface area contributed by atoms with Crippen molar-refractivity contribution in [1.29, 1.82) is 0 Å². The summed E-state index contributed by atoms with van der Waals surface area (Å²) >= 11 is 0. The minimum atomic E-state index is 0.647. The third kappa shape index (κ3) is 2.28. The smallest absolute Gasteiger partial charge is 0.152 e. The van der Waals surface area contributed by atoms with E-state index in [1.807, 2.05) is 52.1 Å². The second-order valence-electron chi connectivity index (χ2n) is 4.61. The highest BCUT2D eigenvalue weighted by Crippen LogP contribution is 2.31. The van der Waals surface area contributed by atoms with E-state index < -0.39 is 0 Å². The van der Waals surface area contributed by atoms with Gasteiger partial charge in [-0.3, -0.25) is 4.79 Å². The van der Waals surface area contributed by atoms with Gasteiger partial charge in [0, 0.05) is 23.9 Å². The zero-order valence-corrected chi connectivity index (χ0v) is 11.9. The number of nitrogens with zero attached hydrogens (tertiary/aromatic N) is 1. The van der Waals surface area contributed by atoms with Gasteiger partial charge in [0.1, 0.15) is 5.75 Å². The fraction of sp³-hybridized carbons (Fsp3) is 0.312. The quantitative estimate of drug-likeness (QED) is 0.785. The van der Waals surface area contributed by atoms with E-state index in [9.17, 15) is 4.79 Å². The molecule has 3 heteroatoms. The molecule has 1 aromatic carbocycles. The van der Waals surface area contributed by atoms with E-state index in [-0.39, 0.29) is 0 Å². The molecule has 0 bridgehead atoms. The Morgan fingerprint density at radius 2 is 2.05 bits per heavy atom. The maximum Gasteiger partial charge on any atom is 0.152 e. The SMILES string of the molecule is CCOc1cccc(-c2c(C)c(C=O)c(C)n2C)c1. The third-order valence-electron chi connectivity index (χ3n) is 3.52. The summed E-state index contributed by atoms with van der Waals surface area (Å²) in [6, 6.07) is 7.97. The molecule has 0 N–H and O–H groups in total.